The molecule has 2 N–H and O–H groups in total. The molecule has 0 aliphatic heterocycles. The number of benzene rings is 2. The summed E-state index contributed by atoms with van der Waals surface area (Å²) in [6, 6.07) is 14.4. The van der Waals surface area contributed by atoms with Crippen molar-refractivity contribution in [3.8, 4) is 0 Å². The van der Waals surface area contributed by atoms with E-state index in [1.165, 1.54) is 5.56 Å². The summed E-state index contributed by atoms with van der Waals surface area (Å²) in [6.45, 7) is 6.46. The molecule has 5 heteroatoms. The molecule has 0 aliphatic rings. The van der Waals surface area contributed by atoms with Gasteiger partial charge >= 0.3 is 0 Å². The Morgan fingerprint density at radius 1 is 1.00 bits per heavy atom. The number of aryl methyl sites for hydroxylation is 3. The average molecular weight is 407 g/mol. The molecular formula is C25H34N4O. The van der Waals surface area contributed by atoms with Crippen LogP contribution in [0.5, 0.6) is 0 Å². The summed E-state index contributed by atoms with van der Waals surface area (Å²) in [5.41, 5.74) is 10.8. The number of hydrogen-bond donors (Lipinski definition) is 1. The number of nitrogens with two attached hydrogens (primary N) is 1. The fourth-order valence-electron chi connectivity index (χ4n) is 3.82. The van der Waals surface area contributed by atoms with Gasteiger partial charge in [0, 0.05) is 38.7 Å². The predicted molar refractivity (Wildman–Crippen MR) is 124 cm³/mol. The Morgan fingerprint density at radius 3 is 2.40 bits per heavy atom. The molecule has 0 saturated heterocycles. The molecule has 0 spiro atoms. The van der Waals surface area contributed by atoms with Crippen LogP contribution in [0.1, 0.15) is 60.4 Å². The molecule has 30 heavy (non-hydrogen) atoms. The minimum Gasteiger partial charge on any atom is -0.339 e. The van der Waals surface area contributed by atoms with Crippen LogP contribution in [0.3, 0.4) is 0 Å². The van der Waals surface area contributed by atoms with Gasteiger partial charge in [-0.25, -0.2) is 4.98 Å². The molecule has 0 aliphatic carbocycles. The quantitative estimate of drug-likeness (QED) is 0.540. The summed E-state index contributed by atoms with van der Waals surface area (Å²) in [5.74, 6) is 1.15. The van der Waals surface area contributed by atoms with Gasteiger partial charge in [-0.1, -0.05) is 44.5 Å². The van der Waals surface area contributed by atoms with Crippen molar-refractivity contribution < 1.29 is 4.79 Å². The largest absolute Gasteiger partial charge is 0.339 e. The summed E-state index contributed by atoms with van der Waals surface area (Å²) >= 11 is 0. The van der Waals surface area contributed by atoms with E-state index >= 15 is 0 Å². The summed E-state index contributed by atoms with van der Waals surface area (Å²) in [7, 11) is 2.05. The maximum absolute atomic E-state index is 13.0. The fourth-order valence-corrected chi connectivity index (χ4v) is 3.82. The van der Waals surface area contributed by atoms with E-state index in [-0.39, 0.29) is 5.91 Å². The van der Waals surface area contributed by atoms with Crippen LogP contribution >= 0.6 is 0 Å². The third kappa shape index (κ3) is 5.08. The zero-order valence-corrected chi connectivity index (χ0v) is 18.5. The first-order chi connectivity index (χ1) is 14.6. The van der Waals surface area contributed by atoms with Gasteiger partial charge in [0.15, 0.2) is 0 Å². The SMILES string of the molecule is CCCCN(CCC)C(=O)c1ccc2c(c1)nc(CCc1ccc(CN)cc1)n2C. The molecule has 3 aromatic rings. The summed E-state index contributed by atoms with van der Waals surface area (Å²) in [6.07, 6.45) is 4.88. The first-order valence-corrected chi connectivity index (χ1v) is 11.1. The lowest BCUT2D eigenvalue weighted by Crippen LogP contribution is -2.32. The van der Waals surface area contributed by atoms with Crippen molar-refractivity contribution in [2.75, 3.05) is 13.1 Å². The van der Waals surface area contributed by atoms with Gasteiger partial charge < -0.3 is 15.2 Å². The highest BCUT2D eigenvalue weighted by Gasteiger charge is 2.17. The van der Waals surface area contributed by atoms with E-state index in [1.54, 1.807) is 0 Å². The Hall–Kier alpha value is -2.66. The molecule has 1 aromatic heterocycles. The van der Waals surface area contributed by atoms with Crippen molar-refractivity contribution in [2.45, 2.75) is 52.5 Å². The lowest BCUT2D eigenvalue weighted by molar-refractivity contribution is 0.0753. The first kappa shape index (κ1) is 22.0. The highest BCUT2D eigenvalue weighted by atomic mass is 16.2. The number of rotatable bonds is 10. The number of carbonyl (C=O) groups is 1. The standard InChI is InChI=1S/C25H34N4O/c1-4-6-16-29(15-5-2)25(30)21-12-13-23-22(17-21)27-24(28(23)3)14-11-19-7-9-20(18-26)10-8-19/h7-10,12-13,17H,4-6,11,14-16,18,26H2,1-3H3. The Balaban J connectivity index is 1.77. The van der Waals surface area contributed by atoms with Crippen LogP contribution in [-0.4, -0.2) is 33.4 Å². The van der Waals surface area contributed by atoms with Crippen molar-refractivity contribution in [3.63, 3.8) is 0 Å². The molecule has 3 rings (SSSR count). The van der Waals surface area contributed by atoms with Crippen LogP contribution in [0, 0.1) is 0 Å². The summed E-state index contributed by atoms with van der Waals surface area (Å²) < 4.78 is 2.14. The van der Waals surface area contributed by atoms with Gasteiger partial charge in [-0.15, -0.1) is 0 Å². The number of hydrogen-bond acceptors (Lipinski definition) is 3. The molecule has 0 saturated carbocycles. The first-order valence-electron chi connectivity index (χ1n) is 11.1. The second kappa shape index (κ2) is 10.4. The number of nitrogens with zero attached hydrogens (tertiary/aromatic N) is 3. The molecule has 160 valence electrons. The summed E-state index contributed by atoms with van der Waals surface area (Å²) in [5, 5.41) is 0. The van der Waals surface area contributed by atoms with Crippen molar-refractivity contribution in [2.24, 2.45) is 12.8 Å². The van der Waals surface area contributed by atoms with Crippen LogP contribution in [0.4, 0.5) is 0 Å². The second-order valence-electron chi connectivity index (χ2n) is 7.96. The van der Waals surface area contributed by atoms with Crippen LogP contribution in [0.15, 0.2) is 42.5 Å². The molecule has 0 radical (unpaired) electrons. The van der Waals surface area contributed by atoms with Gasteiger partial charge in [-0.05, 0) is 48.6 Å². The zero-order chi connectivity index (χ0) is 21.5. The van der Waals surface area contributed by atoms with Gasteiger partial charge in [-0.2, -0.15) is 0 Å². The van der Waals surface area contributed by atoms with E-state index in [2.05, 4.69) is 42.7 Å². The fraction of sp³-hybridized carbons (Fsp3) is 0.440. The molecule has 0 unspecified atom stereocenters. The van der Waals surface area contributed by atoms with Gasteiger partial charge in [0.05, 0.1) is 11.0 Å². The zero-order valence-electron chi connectivity index (χ0n) is 18.5. The van der Waals surface area contributed by atoms with Crippen molar-refractivity contribution in [1.82, 2.24) is 14.5 Å². The molecule has 1 amide bonds. The van der Waals surface area contributed by atoms with Crippen LogP contribution in [-0.2, 0) is 26.4 Å². The highest BCUT2D eigenvalue weighted by molar-refractivity contribution is 5.97. The predicted octanol–water partition coefficient (Wildman–Crippen LogP) is 4.47. The monoisotopic (exact) mass is 406 g/mol. The molecular weight excluding hydrogens is 372 g/mol. The van der Waals surface area contributed by atoms with Crippen molar-refractivity contribution >= 4 is 16.9 Å². The minimum absolute atomic E-state index is 0.111. The van der Waals surface area contributed by atoms with Crippen molar-refractivity contribution in [1.29, 1.82) is 0 Å². The molecule has 1 heterocycles. The van der Waals surface area contributed by atoms with E-state index in [0.717, 1.165) is 73.2 Å². The topological polar surface area (TPSA) is 64.2 Å². The van der Waals surface area contributed by atoms with E-state index in [9.17, 15) is 4.79 Å². The second-order valence-corrected chi connectivity index (χ2v) is 7.96. The average Bonchev–Trinajstić information content (AvgIpc) is 3.10. The van der Waals surface area contributed by atoms with Crippen molar-refractivity contribution in [3.05, 3.63) is 65.0 Å². The van der Waals surface area contributed by atoms with Gasteiger partial charge in [-0.3, -0.25) is 4.79 Å². The van der Waals surface area contributed by atoms with Gasteiger partial charge in [0.2, 0.25) is 0 Å². The van der Waals surface area contributed by atoms with Crippen LogP contribution in [0.2, 0.25) is 0 Å². The molecule has 5 nitrogen and oxygen atoms in total. The summed E-state index contributed by atoms with van der Waals surface area (Å²) in [4.78, 5) is 19.8. The number of imidazole rings is 1. The van der Waals surface area contributed by atoms with Crippen LogP contribution < -0.4 is 5.73 Å². The lowest BCUT2D eigenvalue weighted by atomic mass is 10.1. The molecule has 2 aromatic carbocycles. The molecule has 0 bridgehead atoms. The van der Waals surface area contributed by atoms with Gasteiger partial charge in [0.1, 0.15) is 5.82 Å². The Kier molecular flexibility index (Phi) is 7.63. The third-order valence-electron chi connectivity index (χ3n) is 5.68. The number of unbranched alkanes of at least 4 members (excludes halogenated alkanes) is 1. The normalized spacial score (nSPS) is 11.2. The Bertz CT molecular complexity index is 975. The van der Waals surface area contributed by atoms with E-state index in [1.807, 2.05) is 30.1 Å². The third-order valence-corrected chi connectivity index (χ3v) is 5.68. The van der Waals surface area contributed by atoms with Gasteiger partial charge in [0.25, 0.3) is 5.91 Å². The minimum atomic E-state index is 0.111. The smallest absolute Gasteiger partial charge is 0.253 e. The Labute approximate surface area is 179 Å². The highest BCUT2D eigenvalue weighted by Crippen LogP contribution is 2.20. The molecule has 0 fully saturated rings. The number of carbonyl (C=O) groups excluding carboxylic acids is 1. The van der Waals surface area contributed by atoms with E-state index in [4.69, 9.17) is 10.7 Å². The van der Waals surface area contributed by atoms with E-state index in [0.29, 0.717) is 6.54 Å². The maximum Gasteiger partial charge on any atom is 0.253 e. The number of amides is 1. The van der Waals surface area contributed by atoms with E-state index < -0.39 is 0 Å². The Morgan fingerprint density at radius 2 is 1.73 bits per heavy atom. The molecule has 0 atom stereocenters. The number of fused-ring (bicyclic) bond motifs is 1. The number of aromatic nitrogens is 2. The maximum atomic E-state index is 13.0. The van der Waals surface area contributed by atoms with Crippen LogP contribution in [0.25, 0.3) is 11.0 Å². The lowest BCUT2D eigenvalue weighted by Gasteiger charge is -2.22.